The third kappa shape index (κ3) is 3.49. The van der Waals surface area contributed by atoms with Crippen molar-refractivity contribution in [3.05, 3.63) is 12.4 Å². The molecule has 2 N–H and O–H groups in total. The summed E-state index contributed by atoms with van der Waals surface area (Å²) < 4.78 is 1.66. The van der Waals surface area contributed by atoms with Gasteiger partial charge in [0.15, 0.2) is 0 Å². The average Bonchev–Trinajstić information content (AvgIpc) is 2.84. The van der Waals surface area contributed by atoms with Crippen molar-refractivity contribution in [1.29, 1.82) is 0 Å². The summed E-state index contributed by atoms with van der Waals surface area (Å²) in [4.78, 5) is 11.3. The maximum atomic E-state index is 11.3. The van der Waals surface area contributed by atoms with Gasteiger partial charge in [-0.05, 0) is 24.2 Å². The molecular weight excluding hydrogens is 240 g/mol. The number of hydrogen-bond acceptors (Lipinski definition) is 3. The maximum Gasteiger partial charge on any atom is 0.241 e. The molecule has 1 aromatic heterocycles. The van der Waals surface area contributed by atoms with Crippen molar-refractivity contribution in [3.63, 3.8) is 0 Å². The van der Waals surface area contributed by atoms with E-state index in [-0.39, 0.29) is 12.5 Å². The number of amides is 1. The van der Waals surface area contributed by atoms with Crippen LogP contribution >= 0.6 is 0 Å². The number of hydrogen-bond donors (Lipinski definition) is 2. The lowest BCUT2D eigenvalue weighted by molar-refractivity contribution is -0.121. The summed E-state index contributed by atoms with van der Waals surface area (Å²) in [6, 6.07) is 0.493. The number of nitrogens with one attached hydrogen (secondary N) is 2. The van der Waals surface area contributed by atoms with Crippen LogP contribution in [0.1, 0.15) is 33.6 Å². The van der Waals surface area contributed by atoms with Gasteiger partial charge in [0.1, 0.15) is 6.54 Å². The minimum atomic E-state index is -0.0370. The second kappa shape index (κ2) is 5.23. The fourth-order valence-electron chi connectivity index (χ4n) is 3.05. The Morgan fingerprint density at radius 3 is 2.84 bits per heavy atom. The van der Waals surface area contributed by atoms with E-state index in [9.17, 15) is 4.79 Å². The van der Waals surface area contributed by atoms with Crippen molar-refractivity contribution in [2.24, 2.45) is 11.3 Å². The number of carbonyl (C=O) groups excluding carboxylic acids is 1. The van der Waals surface area contributed by atoms with Crippen LogP contribution in [-0.4, -0.2) is 28.8 Å². The average molecular weight is 264 g/mol. The van der Waals surface area contributed by atoms with E-state index in [2.05, 4.69) is 36.5 Å². The van der Waals surface area contributed by atoms with Crippen molar-refractivity contribution in [2.45, 2.75) is 46.2 Å². The molecule has 0 spiro atoms. The van der Waals surface area contributed by atoms with E-state index in [4.69, 9.17) is 0 Å². The van der Waals surface area contributed by atoms with Gasteiger partial charge in [-0.25, -0.2) is 0 Å². The fraction of sp³-hybridized carbons (Fsp3) is 0.714. The molecule has 1 aliphatic rings. The minimum Gasteiger partial charge on any atom is -0.379 e. The topological polar surface area (TPSA) is 59.0 Å². The first-order chi connectivity index (χ1) is 8.89. The standard InChI is InChI=1S/C14H24N4O/c1-10-5-14(2,3)6-12(10)17-11-7-16-18(8-11)9-13(19)15-4/h7-8,10,12,17H,5-6,9H2,1-4H3,(H,15,19). The van der Waals surface area contributed by atoms with Gasteiger partial charge in [-0.1, -0.05) is 20.8 Å². The highest BCUT2D eigenvalue weighted by Crippen LogP contribution is 2.41. The van der Waals surface area contributed by atoms with E-state index in [0.717, 1.165) is 5.69 Å². The Morgan fingerprint density at radius 1 is 1.53 bits per heavy atom. The van der Waals surface area contributed by atoms with Gasteiger partial charge in [0.05, 0.1) is 11.9 Å². The minimum absolute atomic E-state index is 0.0370. The van der Waals surface area contributed by atoms with Gasteiger partial charge >= 0.3 is 0 Å². The molecule has 0 bridgehead atoms. The van der Waals surface area contributed by atoms with E-state index in [1.165, 1.54) is 12.8 Å². The Kier molecular flexibility index (Phi) is 3.83. The van der Waals surface area contributed by atoms with Crippen molar-refractivity contribution in [2.75, 3.05) is 12.4 Å². The van der Waals surface area contributed by atoms with Crippen molar-refractivity contribution in [1.82, 2.24) is 15.1 Å². The van der Waals surface area contributed by atoms with Crippen molar-refractivity contribution in [3.8, 4) is 0 Å². The Labute approximate surface area is 114 Å². The van der Waals surface area contributed by atoms with Crippen LogP contribution in [0.4, 0.5) is 5.69 Å². The molecule has 1 saturated carbocycles. The molecule has 1 fully saturated rings. The first kappa shape index (κ1) is 13.9. The molecule has 1 aliphatic carbocycles. The van der Waals surface area contributed by atoms with Gasteiger partial charge in [0, 0.05) is 19.3 Å². The first-order valence-electron chi connectivity index (χ1n) is 6.89. The lowest BCUT2D eigenvalue weighted by Crippen LogP contribution is -2.24. The highest BCUT2D eigenvalue weighted by molar-refractivity contribution is 5.75. The maximum absolute atomic E-state index is 11.3. The molecule has 1 amide bonds. The molecule has 5 heteroatoms. The molecule has 0 aromatic carbocycles. The highest BCUT2D eigenvalue weighted by atomic mass is 16.1. The van der Waals surface area contributed by atoms with Crippen molar-refractivity contribution >= 4 is 11.6 Å². The van der Waals surface area contributed by atoms with Crippen LogP contribution in [0.3, 0.4) is 0 Å². The quantitative estimate of drug-likeness (QED) is 0.872. The summed E-state index contributed by atoms with van der Waals surface area (Å²) in [5.74, 6) is 0.627. The van der Waals surface area contributed by atoms with Gasteiger partial charge < -0.3 is 10.6 Å². The molecule has 2 atom stereocenters. The third-order valence-electron chi connectivity index (χ3n) is 3.90. The lowest BCUT2D eigenvalue weighted by Gasteiger charge is -2.18. The Balaban J connectivity index is 1.95. The van der Waals surface area contributed by atoms with E-state index in [1.54, 1.807) is 17.9 Å². The van der Waals surface area contributed by atoms with E-state index >= 15 is 0 Å². The monoisotopic (exact) mass is 264 g/mol. The summed E-state index contributed by atoms with van der Waals surface area (Å²) in [5.41, 5.74) is 1.41. The molecule has 5 nitrogen and oxygen atoms in total. The Bertz CT molecular complexity index is 452. The Hall–Kier alpha value is -1.52. The van der Waals surface area contributed by atoms with Gasteiger partial charge in [0.2, 0.25) is 5.91 Å². The van der Waals surface area contributed by atoms with Gasteiger partial charge in [0.25, 0.3) is 0 Å². The van der Waals surface area contributed by atoms with Crippen molar-refractivity contribution < 1.29 is 4.79 Å². The van der Waals surface area contributed by atoms with Gasteiger partial charge in [-0.2, -0.15) is 5.10 Å². The summed E-state index contributed by atoms with van der Waals surface area (Å²) in [5, 5.41) is 10.3. The lowest BCUT2D eigenvalue weighted by atomic mass is 9.91. The summed E-state index contributed by atoms with van der Waals surface area (Å²) in [6.07, 6.45) is 6.11. The highest BCUT2D eigenvalue weighted by Gasteiger charge is 2.36. The number of aromatic nitrogens is 2. The fourth-order valence-corrected chi connectivity index (χ4v) is 3.05. The van der Waals surface area contributed by atoms with Gasteiger partial charge in [-0.3, -0.25) is 9.48 Å². The van der Waals surface area contributed by atoms with E-state index < -0.39 is 0 Å². The van der Waals surface area contributed by atoms with Crippen LogP contribution < -0.4 is 10.6 Å². The summed E-state index contributed by atoms with van der Waals surface area (Å²) in [6.45, 7) is 7.20. The molecule has 0 radical (unpaired) electrons. The molecule has 0 saturated heterocycles. The van der Waals surface area contributed by atoms with Crippen LogP contribution in [0.25, 0.3) is 0 Å². The molecule has 0 aliphatic heterocycles. The summed E-state index contributed by atoms with van der Waals surface area (Å²) >= 11 is 0. The van der Waals surface area contributed by atoms with Crippen LogP contribution in [0.15, 0.2) is 12.4 Å². The number of carbonyl (C=O) groups is 1. The predicted octanol–water partition coefficient (Wildman–Crippen LogP) is 1.87. The predicted molar refractivity (Wildman–Crippen MR) is 75.9 cm³/mol. The van der Waals surface area contributed by atoms with Gasteiger partial charge in [-0.15, -0.1) is 0 Å². The first-order valence-corrected chi connectivity index (χ1v) is 6.89. The smallest absolute Gasteiger partial charge is 0.241 e. The zero-order chi connectivity index (χ0) is 14.0. The largest absolute Gasteiger partial charge is 0.379 e. The molecule has 2 unspecified atom stereocenters. The van der Waals surface area contributed by atoms with Crippen LogP contribution in [0.5, 0.6) is 0 Å². The summed E-state index contributed by atoms with van der Waals surface area (Å²) in [7, 11) is 1.63. The Morgan fingerprint density at radius 2 is 2.26 bits per heavy atom. The molecule has 2 rings (SSSR count). The molecule has 1 heterocycles. The van der Waals surface area contributed by atoms with E-state index in [0.29, 0.717) is 17.4 Å². The van der Waals surface area contributed by atoms with E-state index in [1.807, 2.05) is 6.20 Å². The molecule has 19 heavy (non-hydrogen) atoms. The number of nitrogens with zero attached hydrogens (tertiary/aromatic N) is 2. The zero-order valence-electron chi connectivity index (χ0n) is 12.2. The van der Waals surface area contributed by atoms with Crippen LogP contribution in [0.2, 0.25) is 0 Å². The normalized spacial score (nSPS) is 25.3. The second-order valence-corrected chi connectivity index (χ2v) is 6.40. The number of anilines is 1. The van der Waals surface area contributed by atoms with Crippen LogP contribution in [0, 0.1) is 11.3 Å². The molecular formula is C14H24N4O. The SMILES string of the molecule is CNC(=O)Cn1cc(NC2CC(C)(C)CC2C)cn1. The molecule has 106 valence electrons. The third-order valence-corrected chi connectivity index (χ3v) is 3.90. The number of rotatable bonds is 4. The van der Waals surface area contributed by atoms with Crippen LogP contribution in [-0.2, 0) is 11.3 Å². The number of likely N-dealkylation sites (N-methyl/N-ethyl adjacent to an activating group) is 1. The molecule has 1 aromatic rings. The second-order valence-electron chi connectivity index (χ2n) is 6.40. The zero-order valence-corrected chi connectivity index (χ0v) is 12.2.